The fourth-order valence-corrected chi connectivity index (χ4v) is 2.59. The smallest absolute Gasteiger partial charge is 0.278 e. The van der Waals surface area contributed by atoms with Gasteiger partial charge in [0, 0.05) is 0 Å². The molecule has 2 aromatic carbocycles. The van der Waals surface area contributed by atoms with Crippen molar-refractivity contribution in [3.05, 3.63) is 53.1 Å². The lowest BCUT2D eigenvalue weighted by molar-refractivity contribution is 0.0288. The molecule has 0 aromatic heterocycles. The van der Waals surface area contributed by atoms with E-state index in [1.165, 1.54) is 12.8 Å². The summed E-state index contributed by atoms with van der Waals surface area (Å²) in [5.74, 6) is -0.0104. The predicted octanol–water partition coefficient (Wildman–Crippen LogP) is 4.17. The number of hydroxylamine groups is 1. The molecule has 0 heterocycles. The van der Waals surface area contributed by atoms with E-state index >= 15 is 0 Å². The summed E-state index contributed by atoms with van der Waals surface area (Å²) in [6.07, 6.45) is 3.43. The molecule has 1 fully saturated rings. The number of carbonyl (C=O) groups is 1. The van der Waals surface area contributed by atoms with Crippen molar-refractivity contribution in [3.8, 4) is 16.9 Å². The van der Waals surface area contributed by atoms with Crippen LogP contribution < -0.4 is 5.48 Å². The fourth-order valence-electron chi connectivity index (χ4n) is 2.37. The first kappa shape index (κ1) is 15.8. The number of phenolic OH excluding ortho intramolecular Hbond substituents is 1. The van der Waals surface area contributed by atoms with E-state index in [2.05, 4.69) is 5.48 Å². The first-order valence-corrected chi connectivity index (χ1v) is 8.03. The summed E-state index contributed by atoms with van der Waals surface area (Å²) in [5.41, 5.74) is 4.15. The third-order valence-corrected chi connectivity index (χ3v) is 4.19. The molecular weight excluding hydrogens is 314 g/mol. The summed E-state index contributed by atoms with van der Waals surface area (Å²) in [5, 5.41) is 10.2. The average molecular weight is 332 g/mol. The Balaban J connectivity index is 1.74. The molecule has 2 N–H and O–H groups in total. The number of aromatic hydroxyl groups is 1. The van der Waals surface area contributed by atoms with E-state index in [0.29, 0.717) is 6.61 Å². The topological polar surface area (TPSA) is 58.6 Å². The summed E-state index contributed by atoms with van der Waals surface area (Å²) in [6.45, 7) is 0.475. The molecule has 1 amide bonds. The van der Waals surface area contributed by atoms with E-state index in [1.54, 1.807) is 12.1 Å². The molecule has 0 radical (unpaired) electrons. The molecule has 2 aromatic rings. The molecule has 0 spiro atoms. The second-order valence-corrected chi connectivity index (χ2v) is 6.14. The fraction of sp³-hybridized carbons (Fsp3) is 0.278. The minimum absolute atomic E-state index is 0.0998. The van der Waals surface area contributed by atoms with E-state index in [4.69, 9.17) is 16.4 Å². The Kier molecular flexibility index (Phi) is 4.84. The Morgan fingerprint density at radius 3 is 2.65 bits per heavy atom. The summed E-state index contributed by atoms with van der Waals surface area (Å²) < 4.78 is 0. The van der Waals surface area contributed by atoms with Crippen molar-refractivity contribution in [2.24, 2.45) is 5.92 Å². The zero-order chi connectivity index (χ0) is 16.2. The second kappa shape index (κ2) is 7.02. The van der Waals surface area contributed by atoms with Crippen LogP contribution in [0, 0.1) is 5.92 Å². The molecule has 0 saturated heterocycles. The van der Waals surface area contributed by atoms with Crippen LogP contribution >= 0.6 is 11.6 Å². The SMILES string of the molecule is O=C(NOCCC1CC1)c1cc(-c2ccccc2)cc(Cl)c1O. The number of nitrogens with one attached hydrogen (secondary N) is 1. The maximum Gasteiger partial charge on any atom is 0.278 e. The van der Waals surface area contributed by atoms with Gasteiger partial charge in [0.05, 0.1) is 17.2 Å². The van der Waals surface area contributed by atoms with Gasteiger partial charge >= 0.3 is 0 Å². The van der Waals surface area contributed by atoms with Crippen LogP contribution in [0.2, 0.25) is 5.02 Å². The normalized spacial score (nSPS) is 13.8. The molecule has 3 rings (SSSR count). The number of hydrogen-bond donors (Lipinski definition) is 2. The zero-order valence-electron chi connectivity index (χ0n) is 12.6. The van der Waals surface area contributed by atoms with Crippen molar-refractivity contribution in [3.63, 3.8) is 0 Å². The van der Waals surface area contributed by atoms with E-state index < -0.39 is 5.91 Å². The van der Waals surface area contributed by atoms with Crippen molar-refractivity contribution < 1.29 is 14.7 Å². The van der Waals surface area contributed by atoms with Gasteiger partial charge in [0.15, 0.2) is 0 Å². The standard InChI is InChI=1S/C18H18ClNO3/c19-16-11-14(13-4-2-1-3-5-13)10-15(17(16)21)18(22)20-23-9-8-12-6-7-12/h1-5,10-12,21H,6-9H2,(H,20,22). The maximum absolute atomic E-state index is 12.2. The van der Waals surface area contributed by atoms with E-state index in [0.717, 1.165) is 23.5 Å². The maximum atomic E-state index is 12.2. The lowest BCUT2D eigenvalue weighted by Crippen LogP contribution is -2.24. The molecule has 0 unspecified atom stereocenters. The van der Waals surface area contributed by atoms with Gasteiger partial charge in [0.25, 0.3) is 5.91 Å². The van der Waals surface area contributed by atoms with Crippen LogP contribution in [0.4, 0.5) is 0 Å². The van der Waals surface area contributed by atoms with Crippen LogP contribution in [-0.4, -0.2) is 17.6 Å². The molecule has 23 heavy (non-hydrogen) atoms. The molecule has 4 nitrogen and oxygen atoms in total. The zero-order valence-corrected chi connectivity index (χ0v) is 13.3. The van der Waals surface area contributed by atoms with Crippen molar-refractivity contribution in [2.45, 2.75) is 19.3 Å². The number of hydrogen-bond acceptors (Lipinski definition) is 3. The number of rotatable bonds is 6. The number of amides is 1. The molecule has 0 bridgehead atoms. The minimum atomic E-state index is -0.502. The van der Waals surface area contributed by atoms with E-state index in [-0.39, 0.29) is 16.3 Å². The van der Waals surface area contributed by atoms with Crippen LogP contribution in [0.15, 0.2) is 42.5 Å². The number of halogens is 1. The van der Waals surface area contributed by atoms with Crippen LogP contribution in [0.5, 0.6) is 5.75 Å². The lowest BCUT2D eigenvalue weighted by atomic mass is 10.0. The second-order valence-electron chi connectivity index (χ2n) is 5.73. The summed E-state index contributed by atoms with van der Waals surface area (Å²) >= 11 is 6.05. The van der Waals surface area contributed by atoms with Crippen LogP contribution in [-0.2, 0) is 4.84 Å². The number of phenols is 1. The molecule has 1 aliphatic carbocycles. The van der Waals surface area contributed by atoms with Gasteiger partial charge in [-0.05, 0) is 35.6 Å². The van der Waals surface area contributed by atoms with Gasteiger partial charge in [-0.1, -0.05) is 54.8 Å². The van der Waals surface area contributed by atoms with E-state index in [1.807, 2.05) is 30.3 Å². The Bertz CT molecular complexity index is 699. The molecule has 0 atom stereocenters. The van der Waals surface area contributed by atoms with Crippen molar-refractivity contribution in [2.75, 3.05) is 6.61 Å². The summed E-state index contributed by atoms with van der Waals surface area (Å²) in [7, 11) is 0. The first-order valence-electron chi connectivity index (χ1n) is 7.65. The van der Waals surface area contributed by atoms with Crippen LogP contribution in [0.3, 0.4) is 0 Å². The summed E-state index contributed by atoms with van der Waals surface area (Å²) in [6, 6.07) is 12.8. The third kappa shape index (κ3) is 4.03. The Hall–Kier alpha value is -2.04. The van der Waals surface area contributed by atoms with Gasteiger partial charge in [-0.15, -0.1) is 0 Å². The van der Waals surface area contributed by atoms with Gasteiger partial charge in [0.2, 0.25) is 0 Å². The molecule has 5 heteroatoms. The minimum Gasteiger partial charge on any atom is -0.506 e. The Morgan fingerprint density at radius 2 is 1.96 bits per heavy atom. The van der Waals surface area contributed by atoms with Crippen LogP contribution in [0.1, 0.15) is 29.6 Å². The number of benzene rings is 2. The predicted molar refractivity (Wildman–Crippen MR) is 89.3 cm³/mol. The monoisotopic (exact) mass is 331 g/mol. The van der Waals surface area contributed by atoms with Crippen molar-refractivity contribution in [1.82, 2.24) is 5.48 Å². The van der Waals surface area contributed by atoms with Crippen molar-refractivity contribution in [1.29, 1.82) is 0 Å². The number of carbonyl (C=O) groups excluding carboxylic acids is 1. The van der Waals surface area contributed by atoms with Gasteiger partial charge in [-0.3, -0.25) is 9.63 Å². The first-order chi connectivity index (χ1) is 11.1. The highest BCUT2D eigenvalue weighted by Gasteiger charge is 2.21. The van der Waals surface area contributed by atoms with E-state index in [9.17, 15) is 9.90 Å². The molecule has 1 aliphatic rings. The van der Waals surface area contributed by atoms with Crippen molar-refractivity contribution >= 4 is 17.5 Å². The highest BCUT2D eigenvalue weighted by Crippen LogP contribution is 2.34. The highest BCUT2D eigenvalue weighted by molar-refractivity contribution is 6.33. The largest absolute Gasteiger partial charge is 0.506 e. The molecule has 120 valence electrons. The van der Waals surface area contributed by atoms with Gasteiger partial charge in [-0.2, -0.15) is 0 Å². The average Bonchev–Trinajstić information content (AvgIpc) is 3.39. The molecule has 0 aliphatic heterocycles. The lowest BCUT2D eigenvalue weighted by Gasteiger charge is -2.11. The Morgan fingerprint density at radius 1 is 1.22 bits per heavy atom. The summed E-state index contributed by atoms with van der Waals surface area (Å²) in [4.78, 5) is 17.4. The van der Waals surface area contributed by atoms with Gasteiger partial charge < -0.3 is 5.11 Å². The van der Waals surface area contributed by atoms with Gasteiger partial charge in [-0.25, -0.2) is 5.48 Å². The third-order valence-electron chi connectivity index (χ3n) is 3.91. The highest BCUT2D eigenvalue weighted by atomic mass is 35.5. The quantitative estimate of drug-likeness (QED) is 0.617. The van der Waals surface area contributed by atoms with Gasteiger partial charge in [0.1, 0.15) is 5.75 Å². The Labute approximate surface area is 140 Å². The molecule has 1 saturated carbocycles. The molecular formula is C18H18ClNO3. The van der Waals surface area contributed by atoms with Crippen LogP contribution in [0.25, 0.3) is 11.1 Å².